The fourth-order valence-electron chi connectivity index (χ4n) is 4.66. The molecule has 5 heterocycles. The molecule has 0 aliphatic carbocycles. The van der Waals surface area contributed by atoms with Gasteiger partial charge in [-0.05, 0) is 56.3 Å². The number of nitrogens with one attached hydrogen (secondary N) is 1. The van der Waals surface area contributed by atoms with Crippen LogP contribution in [0.3, 0.4) is 0 Å². The second-order valence-electron chi connectivity index (χ2n) is 9.67. The molecule has 7 aromatic rings. The monoisotopic (exact) mass is 636 g/mol. The van der Waals surface area contributed by atoms with Crippen LogP contribution in [0.2, 0.25) is 5.02 Å². The minimum atomic E-state index is -0.367. The number of aldehydes is 1. The number of aromatic amines is 1. The average Bonchev–Trinajstić information content (AvgIpc) is 3.67. The molecule has 0 radical (unpaired) electrons. The summed E-state index contributed by atoms with van der Waals surface area (Å²) in [4.78, 5) is 53.4. The summed E-state index contributed by atoms with van der Waals surface area (Å²) in [5.74, 6) is 0.0276. The summed E-state index contributed by atoms with van der Waals surface area (Å²) in [7, 11) is 0. The van der Waals surface area contributed by atoms with Gasteiger partial charge in [0.1, 0.15) is 17.8 Å². The van der Waals surface area contributed by atoms with Crippen LogP contribution in [0.1, 0.15) is 40.4 Å². The first-order valence-electron chi connectivity index (χ1n) is 14.4. The van der Waals surface area contributed by atoms with Crippen molar-refractivity contribution in [1.82, 2.24) is 29.3 Å². The number of benzene rings is 2. The molecule has 0 unspecified atom stereocenters. The van der Waals surface area contributed by atoms with Gasteiger partial charge in [0.25, 0.3) is 0 Å². The number of esters is 2. The van der Waals surface area contributed by atoms with Crippen molar-refractivity contribution in [3.63, 3.8) is 0 Å². The third-order valence-corrected chi connectivity index (χ3v) is 6.99. The zero-order chi connectivity index (χ0) is 32.5. The van der Waals surface area contributed by atoms with E-state index in [9.17, 15) is 14.4 Å². The molecular formula is C34H29ClN6O5. The van der Waals surface area contributed by atoms with Crippen LogP contribution in [-0.2, 0) is 20.7 Å². The Bertz CT molecular complexity index is 2130. The number of ether oxygens (including phenoxy) is 2. The summed E-state index contributed by atoms with van der Waals surface area (Å²) in [6.07, 6.45) is 7.31. The SMILES string of the molecule is CCOC(=O)Cc1nc2ccccc2[nH]1.CCOC(=O)c1cc2cnccc2n2c1nc1ccccc12.O=Cc1cnccc1Cl. The van der Waals surface area contributed by atoms with Gasteiger partial charge in [-0.3, -0.25) is 24.0 Å². The number of halogens is 1. The lowest BCUT2D eigenvalue weighted by Gasteiger charge is -2.07. The van der Waals surface area contributed by atoms with E-state index < -0.39 is 0 Å². The highest BCUT2D eigenvalue weighted by atomic mass is 35.5. The fraction of sp³-hybridized carbons (Fsp3) is 0.147. The third-order valence-electron chi connectivity index (χ3n) is 6.64. The van der Waals surface area contributed by atoms with E-state index in [0.717, 1.165) is 33.0 Å². The van der Waals surface area contributed by atoms with Crippen molar-refractivity contribution in [3.05, 3.63) is 113 Å². The number of imidazole rings is 2. The van der Waals surface area contributed by atoms with E-state index in [4.69, 9.17) is 21.1 Å². The van der Waals surface area contributed by atoms with Crippen LogP contribution in [0.15, 0.2) is 91.5 Å². The van der Waals surface area contributed by atoms with E-state index >= 15 is 0 Å². The Morgan fingerprint density at radius 3 is 2.30 bits per heavy atom. The lowest BCUT2D eigenvalue weighted by molar-refractivity contribution is -0.142. The Morgan fingerprint density at radius 1 is 0.870 bits per heavy atom. The maximum atomic E-state index is 12.3. The molecule has 2 aromatic carbocycles. The predicted octanol–water partition coefficient (Wildman–Crippen LogP) is 6.43. The van der Waals surface area contributed by atoms with Crippen LogP contribution >= 0.6 is 11.6 Å². The van der Waals surface area contributed by atoms with Crippen molar-refractivity contribution in [2.45, 2.75) is 20.3 Å². The molecule has 0 spiro atoms. The van der Waals surface area contributed by atoms with Gasteiger partial charge in [0, 0.05) is 30.2 Å². The lowest BCUT2D eigenvalue weighted by atomic mass is 10.2. The van der Waals surface area contributed by atoms with Gasteiger partial charge < -0.3 is 14.5 Å². The number of hydrogen-bond acceptors (Lipinski definition) is 9. The predicted molar refractivity (Wildman–Crippen MR) is 175 cm³/mol. The first-order valence-corrected chi connectivity index (χ1v) is 14.8. The Morgan fingerprint density at radius 2 is 1.59 bits per heavy atom. The number of rotatable bonds is 6. The van der Waals surface area contributed by atoms with Gasteiger partial charge in [-0.2, -0.15) is 0 Å². The Labute approximate surface area is 268 Å². The molecule has 1 N–H and O–H groups in total. The molecule has 5 aromatic heterocycles. The smallest absolute Gasteiger partial charge is 0.341 e. The van der Waals surface area contributed by atoms with Gasteiger partial charge >= 0.3 is 11.9 Å². The minimum absolute atomic E-state index is 0.197. The van der Waals surface area contributed by atoms with Crippen molar-refractivity contribution < 1.29 is 23.9 Å². The highest BCUT2D eigenvalue weighted by Gasteiger charge is 2.18. The van der Waals surface area contributed by atoms with Crippen molar-refractivity contribution in [1.29, 1.82) is 0 Å². The molecule has 232 valence electrons. The van der Waals surface area contributed by atoms with Gasteiger partial charge in [0.05, 0.1) is 51.4 Å². The number of pyridine rings is 3. The van der Waals surface area contributed by atoms with E-state index in [1.807, 2.05) is 59.0 Å². The Kier molecular flexibility index (Phi) is 10.3. The largest absolute Gasteiger partial charge is 0.466 e. The molecule has 0 saturated heterocycles. The first-order chi connectivity index (χ1) is 22.4. The van der Waals surface area contributed by atoms with Crippen LogP contribution in [0.25, 0.3) is 38.6 Å². The summed E-state index contributed by atoms with van der Waals surface area (Å²) in [6, 6.07) is 20.8. The second kappa shape index (κ2) is 14.9. The topological polar surface area (TPSA) is 141 Å². The van der Waals surface area contributed by atoms with Crippen LogP contribution in [0.4, 0.5) is 0 Å². The molecule has 11 nitrogen and oxygen atoms in total. The standard InChI is InChI=1S/C17H13N3O2.C11H12N2O2.C6H4ClNO/c1-2-22-17(21)12-9-11-10-18-8-7-14(11)20-15-6-4-3-5-13(15)19-16(12)20;1-2-15-11(14)7-10-12-8-5-3-4-6-9(8)13-10;7-6-1-2-8-3-5(6)4-9/h3-10H,2H2,1H3;3-6H,2,7H2,1H3,(H,12,13);1-4H. The number of nitrogens with zero attached hydrogens (tertiary/aromatic N) is 5. The minimum Gasteiger partial charge on any atom is -0.466 e. The number of carbonyl (C=O) groups is 3. The normalized spacial score (nSPS) is 10.6. The average molecular weight is 637 g/mol. The van der Waals surface area contributed by atoms with E-state index in [1.54, 1.807) is 38.4 Å². The summed E-state index contributed by atoms with van der Waals surface area (Å²) < 4.78 is 12.0. The maximum Gasteiger partial charge on any atom is 0.341 e. The third kappa shape index (κ3) is 7.16. The summed E-state index contributed by atoms with van der Waals surface area (Å²) in [5.41, 5.74) is 6.08. The number of hydrogen-bond donors (Lipinski definition) is 1. The highest BCUT2D eigenvalue weighted by Crippen LogP contribution is 2.26. The number of para-hydroxylation sites is 4. The molecule has 0 bridgehead atoms. The lowest BCUT2D eigenvalue weighted by Crippen LogP contribution is -2.08. The van der Waals surface area contributed by atoms with E-state index in [-0.39, 0.29) is 18.4 Å². The van der Waals surface area contributed by atoms with Crippen LogP contribution in [0, 0.1) is 0 Å². The maximum absolute atomic E-state index is 12.3. The zero-order valence-electron chi connectivity index (χ0n) is 25.0. The van der Waals surface area contributed by atoms with E-state index in [0.29, 0.717) is 47.1 Å². The summed E-state index contributed by atoms with van der Waals surface area (Å²) >= 11 is 5.55. The van der Waals surface area contributed by atoms with Gasteiger partial charge in [0.2, 0.25) is 0 Å². The van der Waals surface area contributed by atoms with E-state index in [2.05, 4.69) is 24.9 Å². The van der Waals surface area contributed by atoms with Crippen molar-refractivity contribution >= 4 is 68.4 Å². The van der Waals surface area contributed by atoms with E-state index in [1.165, 1.54) is 12.4 Å². The first kappa shape index (κ1) is 31.7. The van der Waals surface area contributed by atoms with Crippen molar-refractivity contribution in [2.75, 3.05) is 13.2 Å². The van der Waals surface area contributed by atoms with Gasteiger partial charge in [-0.25, -0.2) is 14.8 Å². The molecule has 0 aliphatic rings. The Hall–Kier alpha value is -5.68. The number of aromatic nitrogens is 6. The molecule has 0 fully saturated rings. The summed E-state index contributed by atoms with van der Waals surface area (Å²) in [5, 5.41) is 1.32. The molecule has 0 saturated carbocycles. The molecule has 12 heteroatoms. The van der Waals surface area contributed by atoms with Crippen molar-refractivity contribution in [2.24, 2.45) is 0 Å². The molecule has 0 aliphatic heterocycles. The zero-order valence-corrected chi connectivity index (χ0v) is 25.8. The fourth-order valence-corrected chi connectivity index (χ4v) is 4.81. The molecule has 46 heavy (non-hydrogen) atoms. The Balaban J connectivity index is 0.000000150. The number of fused-ring (bicyclic) bond motifs is 6. The van der Waals surface area contributed by atoms with Crippen LogP contribution < -0.4 is 0 Å². The quantitative estimate of drug-likeness (QED) is 0.161. The van der Waals surface area contributed by atoms with Gasteiger partial charge in [0.15, 0.2) is 11.9 Å². The molecule has 0 amide bonds. The van der Waals surface area contributed by atoms with Crippen LogP contribution in [-0.4, -0.2) is 60.8 Å². The summed E-state index contributed by atoms with van der Waals surface area (Å²) in [6.45, 7) is 4.31. The number of carbonyl (C=O) groups excluding carboxylic acids is 3. The second-order valence-corrected chi connectivity index (χ2v) is 10.1. The van der Waals surface area contributed by atoms with Gasteiger partial charge in [-0.1, -0.05) is 35.9 Å². The highest BCUT2D eigenvalue weighted by molar-refractivity contribution is 6.32. The van der Waals surface area contributed by atoms with Crippen molar-refractivity contribution in [3.8, 4) is 0 Å². The molecular weight excluding hydrogens is 608 g/mol. The molecule has 7 rings (SSSR count). The van der Waals surface area contributed by atoms with Gasteiger partial charge in [-0.15, -0.1) is 0 Å². The van der Waals surface area contributed by atoms with Crippen LogP contribution in [0.5, 0.6) is 0 Å². The molecule has 0 atom stereocenters. The number of H-pyrrole nitrogens is 1.